The lowest BCUT2D eigenvalue weighted by Gasteiger charge is -2.48. The van der Waals surface area contributed by atoms with Gasteiger partial charge in [-0.2, -0.15) is 23.4 Å². The van der Waals surface area contributed by atoms with Crippen molar-refractivity contribution < 1.29 is 41.8 Å². The number of halogens is 4. The highest BCUT2D eigenvalue weighted by Gasteiger charge is 2.43. The second kappa shape index (κ2) is 12.8. The Hall–Kier alpha value is -5.23. The molecule has 0 spiro atoms. The normalized spacial score (nSPS) is 11.9. The Balaban J connectivity index is 1.84. The van der Waals surface area contributed by atoms with Crippen molar-refractivity contribution in [1.82, 2.24) is 15.0 Å². The first-order valence-corrected chi connectivity index (χ1v) is 13.2. The molecule has 15 heteroatoms. The van der Waals surface area contributed by atoms with Crippen LogP contribution in [0.3, 0.4) is 0 Å². The van der Waals surface area contributed by atoms with Gasteiger partial charge in [-0.1, -0.05) is 12.1 Å². The van der Waals surface area contributed by atoms with Crippen LogP contribution in [0.5, 0.6) is 5.88 Å². The molecule has 0 aliphatic carbocycles. The highest BCUT2D eigenvalue weighted by atomic mass is 19.4. The number of imide groups is 1. The lowest BCUT2D eigenvalue weighted by atomic mass is 9.99. The van der Waals surface area contributed by atoms with Crippen molar-refractivity contribution >= 4 is 29.6 Å². The van der Waals surface area contributed by atoms with E-state index in [1.807, 2.05) is 11.4 Å². The molecule has 0 saturated heterocycles. The number of benzene rings is 2. The van der Waals surface area contributed by atoms with E-state index in [-0.39, 0.29) is 16.8 Å². The maximum atomic E-state index is 14.0. The minimum Gasteiger partial charge on any atom is -0.464 e. The third kappa shape index (κ3) is 8.24. The quantitative estimate of drug-likeness (QED) is 0.192. The number of carbonyl (C=O) groups excluding carboxylic acids is 2. The van der Waals surface area contributed by atoms with E-state index in [0.29, 0.717) is 28.8 Å². The number of nitrogens with zero attached hydrogens (tertiary/aromatic N) is 4. The minimum absolute atomic E-state index is 0.171. The van der Waals surface area contributed by atoms with Crippen molar-refractivity contribution in [3.8, 4) is 23.1 Å². The van der Waals surface area contributed by atoms with Gasteiger partial charge in [0.2, 0.25) is 5.88 Å². The van der Waals surface area contributed by atoms with Crippen molar-refractivity contribution in [2.45, 2.75) is 58.8 Å². The number of anilines is 2. The van der Waals surface area contributed by atoms with E-state index in [1.165, 1.54) is 41.5 Å². The molecular weight excluding hydrogens is 600 g/mol. The van der Waals surface area contributed by atoms with E-state index in [0.717, 1.165) is 0 Å². The average molecular weight is 631 g/mol. The summed E-state index contributed by atoms with van der Waals surface area (Å²) in [6.07, 6.45) is -6.41. The molecule has 0 aliphatic rings. The molecule has 238 valence electrons. The number of pyridine rings is 1. The lowest BCUT2D eigenvalue weighted by molar-refractivity contribution is -0.137. The van der Waals surface area contributed by atoms with E-state index in [9.17, 15) is 42.3 Å². The average Bonchev–Trinajstić information content (AvgIpc) is 2.91. The molecule has 0 fully saturated rings. The van der Waals surface area contributed by atoms with Crippen LogP contribution in [0, 0.1) is 17.1 Å². The second-order valence-electron chi connectivity index (χ2n) is 11.6. The SMILES string of the molecule is CC(C)(C)N(N(C(=O)O)C(=O)Oc1nccc(-c2ccc(NC(=O)Nc3cc(C(F)(F)F)ccc3F)cc2)c1C#N)C(C)(C)C. The summed E-state index contributed by atoms with van der Waals surface area (Å²) in [7, 11) is 0. The lowest BCUT2D eigenvalue weighted by Crippen LogP contribution is -2.64. The van der Waals surface area contributed by atoms with Crippen LogP contribution >= 0.6 is 0 Å². The minimum atomic E-state index is -4.74. The predicted octanol–water partition coefficient (Wildman–Crippen LogP) is 7.71. The monoisotopic (exact) mass is 630 g/mol. The number of hydrazine groups is 1. The van der Waals surface area contributed by atoms with Crippen LogP contribution in [0.2, 0.25) is 0 Å². The summed E-state index contributed by atoms with van der Waals surface area (Å²) in [4.78, 5) is 41.7. The van der Waals surface area contributed by atoms with E-state index in [1.54, 1.807) is 41.5 Å². The van der Waals surface area contributed by atoms with Gasteiger partial charge in [-0.05, 0) is 83.5 Å². The number of hydrogen-bond donors (Lipinski definition) is 3. The van der Waals surface area contributed by atoms with Crippen LogP contribution in [0.15, 0.2) is 54.7 Å². The number of urea groups is 1. The molecule has 3 aromatic rings. The van der Waals surface area contributed by atoms with Crippen LogP contribution in [-0.2, 0) is 6.18 Å². The van der Waals surface area contributed by atoms with Gasteiger partial charge in [0.15, 0.2) is 0 Å². The molecule has 3 N–H and O–H groups in total. The molecule has 3 rings (SSSR count). The Labute approximate surface area is 256 Å². The van der Waals surface area contributed by atoms with Gasteiger partial charge in [-0.25, -0.2) is 23.8 Å². The maximum Gasteiger partial charge on any atom is 0.441 e. The van der Waals surface area contributed by atoms with E-state index >= 15 is 0 Å². The molecular formula is C30H30F4N6O5. The molecule has 1 aromatic heterocycles. The predicted molar refractivity (Wildman–Crippen MR) is 156 cm³/mol. The number of hydrogen-bond acceptors (Lipinski definition) is 7. The van der Waals surface area contributed by atoms with E-state index in [4.69, 9.17) is 4.74 Å². The highest BCUT2D eigenvalue weighted by Crippen LogP contribution is 2.33. The summed E-state index contributed by atoms with van der Waals surface area (Å²) in [5.74, 6) is -1.51. The Kier molecular flexibility index (Phi) is 9.74. The summed E-state index contributed by atoms with van der Waals surface area (Å²) >= 11 is 0. The Morgan fingerprint density at radius 3 is 2.04 bits per heavy atom. The maximum absolute atomic E-state index is 14.0. The molecule has 2 aromatic carbocycles. The summed E-state index contributed by atoms with van der Waals surface area (Å²) < 4.78 is 58.2. The second-order valence-corrected chi connectivity index (χ2v) is 11.6. The van der Waals surface area contributed by atoms with Crippen molar-refractivity contribution in [1.29, 1.82) is 5.26 Å². The van der Waals surface area contributed by atoms with Crippen LogP contribution in [-0.4, -0.2) is 49.4 Å². The number of ether oxygens (including phenoxy) is 1. The van der Waals surface area contributed by atoms with Gasteiger partial charge in [0.25, 0.3) is 0 Å². The number of carbonyl (C=O) groups is 3. The first-order chi connectivity index (χ1) is 20.7. The summed E-state index contributed by atoms with van der Waals surface area (Å²) in [6.45, 7) is 10.3. The smallest absolute Gasteiger partial charge is 0.441 e. The number of nitrogens with one attached hydrogen (secondary N) is 2. The third-order valence-corrected chi connectivity index (χ3v) is 6.03. The molecule has 0 radical (unpaired) electrons. The number of alkyl halides is 3. The standard InChI is InChI=1S/C30H30F4N6O5/c1-28(2,3)40(29(4,5)6)39(26(42)43)27(44)45-24-21(16-35)20(13-14-36-24)17-7-10-19(11-8-17)37-25(41)38-23-15-18(30(32,33)34)9-12-22(23)31/h7-15H,1-6H3,(H,42,43)(H2,37,38,41). The summed E-state index contributed by atoms with van der Waals surface area (Å²) in [6, 6.07) is 9.71. The zero-order valence-corrected chi connectivity index (χ0v) is 25.1. The van der Waals surface area contributed by atoms with E-state index in [2.05, 4.69) is 10.3 Å². The van der Waals surface area contributed by atoms with Gasteiger partial charge in [0.1, 0.15) is 17.4 Å². The molecule has 4 amide bonds. The van der Waals surface area contributed by atoms with E-state index < -0.39 is 58.4 Å². The van der Waals surface area contributed by atoms with Gasteiger partial charge in [0.05, 0.1) is 11.3 Å². The molecule has 0 bridgehead atoms. The fraction of sp³-hybridized carbons (Fsp3) is 0.300. The zero-order chi connectivity index (χ0) is 33.9. The molecule has 11 nitrogen and oxygen atoms in total. The van der Waals surface area contributed by atoms with Crippen LogP contribution in [0.25, 0.3) is 11.1 Å². The first-order valence-electron chi connectivity index (χ1n) is 13.2. The fourth-order valence-corrected chi connectivity index (χ4v) is 4.66. The molecule has 45 heavy (non-hydrogen) atoms. The molecule has 0 unspecified atom stereocenters. The Bertz CT molecular complexity index is 1630. The Morgan fingerprint density at radius 2 is 1.53 bits per heavy atom. The largest absolute Gasteiger partial charge is 0.464 e. The fourth-order valence-electron chi connectivity index (χ4n) is 4.66. The van der Waals surface area contributed by atoms with Gasteiger partial charge in [-0.15, -0.1) is 5.01 Å². The molecule has 1 heterocycles. The van der Waals surface area contributed by atoms with Crippen molar-refractivity contribution in [2.75, 3.05) is 10.6 Å². The topological polar surface area (TPSA) is 148 Å². The number of amides is 4. The summed E-state index contributed by atoms with van der Waals surface area (Å²) in [5, 5.41) is 26.0. The van der Waals surface area contributed by atoms with Crippen molar-refractivity contribution in [3.63, 3.8) is 0 Å². The first kappa shape index (κ1) is 34.3. The van der Waals surface area contributed by atoms with Crippen molar-refractivity contribution in [3.05, 3.63) is 71.7 Å². The van der Waals surface area contributed by atoms with Crippen LogP contribution in [0.4, 0.5) is 43.3 Å². The highest BCUT2D eigenvalue weighted by molar-refractivity contribution is 6.00. The number of carboxylic acid groups (broad SMARTS) is 1. The van der Waals surface area contributed by atoms with Crippen molar-refractivity contribution in [2.24, 2.45) is 0 Å². The summed E-state index contributed by atoms with van der Waals surface area (Å²) in [5.41, 5.74) is -2.85. The van der Waals surface area contributed by atoms with Gasteiger partial charge in [-0.3, -0.25) is 0 Å². The van der Waals surface area contributed by atoms with Gasteiger partial charge < -0.3 is 20.5 Å². The third-order valence-electron chi connectivity index (χ3n) is 6.03. The van der Waals surface area contributed by atoms with Gasteiger partial charge >= 0.3 is 24.4 Å². The van der Waals surface area contributed by atoms with Crippen LogP contribution in [0.1, 0.15) is 52.7 Å². The Morgan fingerprint density at radius 1 is 0.933 bits per heavy atom. The van der Waals surface area contributed by atoms with Gasteiger partial charge in [0, 0.05) is 28.5 Å². The molecule has 0 saturated carbocycles. The molecule has 0 atom stereocenters. The van der Waals surface area contributed by atoms with Crippen LogP contribution < -0.4 is 15.4 Å². The number of rotatable bonds is 5. The zero-order valence-electron chi connectivity index (χ0n) is 25.1. The number of aromatic nitrogens is 1. The number of nitriles is 1. The molecule has 0 aliphatic heterocycles.